The molecule has 2 aliphatic rings. The normalized spacial score (nSPS) is 27.0. The second-order valence-electron chi connectivity index (χ2n) is 6.86. The van der Waals surface area contributed by atoms with Gasteiger partial charge in [0.15, 0.2) is 0 Å². The molecule has 24 heavy (non-hydrogen) atoms. The van der Waals surface area contributed by atoms with E-state index in [1.165, 1.54) is 24.0 Å². The Kier molecular flexibility index (Phi) is 6.24. The highest BCUT2D eigenvalue weighted by Gasteiger charge is 2.33. The maximum absolute atomic E-state index is 5.42. The molecule has 3 rings (SSSR count). The van der Waals surface area contributed by atoms with Crippen LogP contribution in [-0.2, 0) is 16.0 Å². The summed E-state index contributed by atoms with van der Waals surface area (Å²) in [7, 11) is 3.59. The summed E-state index contributed by atoms with van der Waals surface area (Å²) in [6.45, 7) is 2.58. The molecular formula is C21H29NO2. The summed E-state index contributed by atoms with van der Waals surface area (Å²) in [5, 5.41) is 0. The lowest BCUT2D eigenvalue weighted by Gasteiger charge is -2.29. The molecule has 1 aromatic carbocycles. The molecule has 3 heteroatoms. The lowest BCUT2D eigenvalue weighted by molar-refractivity contribution is 0.0580. The zero-order valence-electron chi connectivity index (χ0n) is 14.9. The predicted molar refractivity (Wildman–Crippen MR) is 98.2 cm³/mol. The fraction of sp³-hybridized carbons (Fsp3) is 0.524. The number of hydrogen-bond acceptors (Lipinski definition) is 3. The lowest BCUT2D eigenvalue weighted by atomic mass is 9.92. The fourth-order valence-corrected chi connectivity index (χ4v) is 3.92. The first-order chi connectivity index (χ1) is 11.8. The Bertz CT molecular complexity index is 550. The van der Waals surface area contributed by atoms with Gasteiger partial charge in [-0.25, -0.2) is 0 Å². The van der Waals surface area contributed by atoms with Crippen molar-refractivity contribution in [2.24, 2.45) is 0 Å². The molecule has 1 heterocycles. The number of rotatable bonds is 7. The number of allylic oxidation sites excluding steroid dienone is 4. The topological polar surface area (TPSA) is 21.7 Å². The van der Waals surface area contributed by atoms with Gasteiger partial charge in [0, 0.05) is 38.8 Å². The number of likely N-dealkylation sites (tertiary alicyclic amines) is 1. The monoisotopic (exact) mass is 327 g/mol. The molecule has 0 saturated carbocycles. The van der Waals surface area contributed by atoms with Gasteiger partial charge in [-0.3, -0.25) is 4.90 Å². The molecule has 0 spiro atoms. The average Bonchev–Trinajstić information content (AvgIpc) is 2.99. The zero-order chi connectivity index (χ0) is 16.8. The number of nitrogens with zero attached hydrogens (tertiary/aromatic N) is 1. The van der Waals surface area contributed by atoms with Gasteiger partial charge in [-0.2, -0.15) is 0 Å². The third-order valence-electron chi connectivity index (χ3n) is 5.24. The van der Waals surface area contributed by atoms with Crippen LogP contribution in [-0.4, -0.2) is 44.4 Å². The molecule has 1 aromatic rings. The Hall–Kier alpha value is -1.42. The first-order valence-electron chi connectivity index (χ1n) is 8.97. The highest BCUT2D eigenvalue weighted by atomic mass is 16.5. The van der Waals surface area contributed by atoms with Crippen molar-refractivity contribution in [2.45, 2.75) is 43.8 Å². The molecule has 0 bridgehead atoms. The van der Waals surface area contributed by atoms with Gasteiger partial charge in [0.05, 0.1) is 13.2 Å². The Balaban J connectivity index is 1.66. The van der Waals surface area contributed by atoms with E-state index in [2.05, 4.69) is 53.5 Å². The Morgan fingerprint density at radius 3 is 2.17 bits per heavy atom. The van der Waals surface area contributed by atoms with Gasteiger partial charge in [0.1, 0.15) is 0 Å². The van der Waals surface area contributed by atoms with E-state index in [4.69, 9.17) is 9.47 Å². The molecule has 0 N–H and O–H groups in total. The third kappa shape index (κ3) is 4.15. The quantitative estimate of drug-likeness (QED) is 0.758. The van der Waals surface area contributed by atoms with Crippen LogP contribution in [0, 0.1) is 0 Å². The van der Waals surface area contributed by atoms with Gasteiger partial charge in [-0.1, -0.05) is 48.6 Å². The molecule has 1 saturated heterocycles. The van der Waals surface area contributed by atoms with Crippen molar-refractivity contribution >= 4 is 0 Å². The molecule has 0 aromatic heterocycles. The predicted octanol–water partition coefficient (Wildman–Crippen LogP) is 3.91. The van der Waals surface area contributed by atoms with E-state index in [1.807, 2.05) is 0 Å². The first-order valence-corrected chi connectivity index (χ1v) is 8.97. The van der Waals surface area contributed by atoms with Gasteiger partial charge in [-0.15, -0.1) is 0 Å². The minimum atomic E-state index is 0.501. The summed E-state index contributed by atoms with van der Waals surface area (Å²) in [4.78, 5) is 2.56. The maximum atomic E-state index is 5.42. The second kappa shape index (κ2) is 8.61. The van der Waals surface area contributed by atoms with E-state index in [-0.39, 0.29) is 0 Å². The largest absolute Gasteiger partial charge is 0.383 e. The van der Waals surface area contributed by atoms with Crippen molar-refractivity contribution in [3.63, 3.8) is 0 Å². The van der Waals surface area contributed by atoms with E-state index in [9.17, 15) is 0 Å². The van der Waals surface area contributed by atoms with Crippen LogP contribution in [0.5, 0.6) is 0 Å². The number of ether oxygens (including phenoxy) is 2. The second-order valence-corrected chi connectivity index (χ2v) is 6.86. The van der Waals surface area contributed by atoms with Crippen LogP contribution >= 0.6 is 0 Å². The lowest BCUT2D eigenvalue weighted by Crippen LogP contribution is -2.40. The van der Waals surface area contributed by atoms with Crippen LogP contribution in [0.1, 0.15) is 36.3 Å². The molecule has 1 aliphatic carbocycles. The van der Waals surface area contributed by atoms with E-state index in [0.717, 1.165) is 26.2 Å². The van der Waals surface area contributed by atoms with Crippen molar-refractivity contribution in [2.75, 3.05) is 27.4 Å². The summed E-state index contributed by atoms with van der Waals surface area (Å²) in [6, 6.07) is 10.1. The summed E-state index contributed by atoms with van der Waals surface area (Å²) in [5.41, 5.74) is 2.78. The molecule has 3 nitrogen and oxygen atoms in total. The van der Waals surface area contributed by atoms with E-state index >= 15 is 0 Å². The first kappa shape index (κ1) is 17.4. The highest BCUT2D eigenvalue weighted by Crippen LogP contribution is 2.28. The Labute approximate surface area is 146 Å². The summed E-state index contributed by atoms with van der Waals surface area (Å²) in [6.07, 6.45) is 12.3. The summed E-state index contributed by atoms with van der Waals surface area (Å²) >= 11 is 0. The molecular weight excluding hydrogens is 298 g/mol. The van der Waals surface area contributed by atoms with Crippen LogP contribution in [0.25, 0.3) is 0 Å². The van der Waals surface area contributed by atoms with Crippen LogP contribution in [0.2, 0.25) is 0 Å². The minimum Gasteiger partial charge on any atom is -0.383 e. The van der Waals surface area contributed by atoms with Gasteiger partial charge in [0.2, 0.25) is 0 Å². The maximum Gasteiger partial charge on any atom is 0.0618 e. The molecule has 130 valence electrons. The number of benzene rings is 1. The van der Waals surface area contributed by atoms with E-state index in [1.54, 1.807) is 14.2 Å². The third-order valence-corrected chi connectivity index (χ3v) is 5.24. The van der Waals surface area contributed by atoms with Crippen molar-refractivity contribution in [3.8, 4) is 0 Å². The zero-order valence-corrected chi connectivity index (χ0v) is 14.9. The van der Waals surface area contributed by atoms with Crippen LogP contribution in [0.15, 0.2) is 48.6 Å². The number of hydrogen-bond donors (Lipinski definition) is 0. The molecule has 1 aliphatic heterocycles. The summed E-state index contributed by atoms with van der Waals surface area (Å²) in [5.74, 6) is 0.526. The van der Waals surface area contributed by atoms with Gasteiger partial charge >= 0.3 is 0 Å². The van der Waals surface area contributed by atoms with Crippen molar-refractivity contribution in [3.05, 3.63) is 59.7 Å². The van der Waals surface area contributed by atoms with E-state index < -0.39 is 0 Å². The minimum absolute atomic E-state index is 0.501. The fourth-order valence-electron chi connectivity index (χ4n) is 3.92. The molecule has 3 atom stereocenters. The van der Waals surface area contributed by atoms with Gasteiger partial charge in [-0.05, 0) is 30.4 Å². The van der Waals surface area contributed by atoms with Crippen molar-refractivity contribution < 1.29 is 9.47 Å². The average molecular weight is 327 g/mol. The van der Waals surface area contributed by atoms with Crippen LogP contribution in [0.3, 0.4) is 0 Å². The highest BCUT2D eigenvalue weighted by molar-refractivity contribution is 5.31. The molecule has 0 radical (unpaired) electrons. The molecule has 1 fully saturated rings. The van der Waals surface area contributed by atoms with E-state index in [0.29, 0.717) is 18.0 Å². The van der Waals surface area contributed by atoms with Crippen molar-refractivity contribution in [1.82, 2.24) is 4.90 Å². The van der Waals surface area contributed by atoms with Crippen molar-refractivity contribution in [1.29, 1.82) is 0 Å². The van der Waals surface area contributed by atoms with Gasteiger partial charge in [0.25, 0.3) is 0 Å². The van der Waals surface area contributed by atoms with Crippen LogP contribution < -0.4 is 0 Å². The Morgan fingerprint density at radius 1 is 0.958 bits per heavy atom. The SMILES string of the molecule is COC[C@@H]1CC[C@@H](COC)N1Cc1ccc(C2C=CC=CC2)cc1. The van der Waals surface area contributed by atoms with Gasteiger partial charge < -0.3 is 9.47 Å². The molecule has 0 amide bonds. The standard InChI is InChI=1S/C21H29NO2/c1-23-15-20-12-13-21(16-24-2)22(20)14-17-8-10-19(11-9-17)18-6-4-3-5-7-18/h3-6,8-11,18,20-21H,7,12-16H2,1-2H3/t18?,20-,21-/m0/s1. The smallest absolute Gasteiger partial charge is 0.0618 e. The number of methoxy groups -OCH3 is 2. The summed E-state index contributed by atoms with van der Waals surface area (Å²) < 4.78 is 10.8. The Morgan fingerprint density at radius 2 is 1.62 bits per heavy atom. The van der Waals surface area contributed by atoms with Crippen LogP contribution in [0.4, 0.5) is 0 Å². The molecule has 1 unspecified atom stereocenters.